The van der Waals surface area contributed by atoms with Gasteiger partial charge in [-0.1, -0.05) is 13.0 Å². The standard InChI is InChI=1S/C10H17NO3S/c1-2-9(10(12)13)3-4-11-5-7-15(14)8-6-11/h3H,2,4-8H2,1H3,(H,12,13). The van der Waals surface area contributed by atoms with Crippen LogP contribution in [0, 0.1) is 0 Å². The second-order valence-electron chi connectivity index (χ2n) is 3.54. The van der Waals surface area contributed by atoms with Gasteiger partial charge in [0, 0.05) is 47.5 Å². The molecule has 0 radical (unpaired) electrons. The number of hydrogen-bond donors (Lipinski definition) is 1. The fraction of sp³-hybridized carbons (Fsp3) is 0.700. The average molecular weight is 231 g/mol. The molecule has 5 heteroatoms. The molecule has 0 unspecified atom stereocenters. The smallest absolute Gasteiger partial charge is 0.331 e. The Morgan fingerprint density at radius 2 is 2.07 bits per heavy atom. The van der Waals surface area contributed by atoms with Gasteiger partial charge in [0.1, 0.15) is 0 Å². The van der Waals surface area contributed by atoms with Crippen LogP contribution in [-0.2, 0) is 15.6 Å². The fourth-order valence-corrected chi connectivity index (χ4v) is 2.61. The molecule has 0 saturated carbocycles. The van der Waals surface area contributed by atoms with Crippen molar-refractivity contribution in [2.24, 2.45) is 0 Å². The Balaban J connectivity index is 2.41. The molecule has 0 aromatic rings. The SMILES string of the molecule is CCC(=CCN1CCS(=O)CC1)C(=O)O. The van der Waals surface area contributed by atoms with Gasteiger partial charge in [-0.3, -0.25) is 9.11 Å². The third kappa shape index (κ3) is 4.13. The van der Waals surface area contributed by atoms with Crippen LogP contribution in [0.25, 0.3) is 0 Å². The molecular weight excluding hydrogens is 214 g/mol. The molecule has 0 aliphatic carbocycles. The van der Waals surface area contributed by atoms with Crippen molar-refractivity contribution in [1.29, 1.82) is 0 Å². The first-order valence-corrected chi connectivity index (χ1v) is 6.62. The topological polar surface area (TPSA) is 57.6 Å². The lowest BCUT2D eigenvalue weighted by Crippen LogP contribution is -2.37. The average Bonchev–Trinajstić information content (AvgIpc) is 2.21. The highest BCUT2D eigenvalue weighted by Gasteiger charge is 2.14. The maximum atomic E-state index is 11.1. The molecule has 0 spiro atoms. The summed E-state index contributed by atoms with van der Waals surface area (Å²) in [5, 5.41) is 8.81. The van der Waals surface area contributed by atoms with Crippen LogP contribution in [0.2, 0.25) is 0 Å². The predicted molar refractivity (Wildman–Crippen MR) is 60.3 cm³/mol. The van der Waals surface area contributed by atoms with Crippen molar-refractivity contribution in [2.45, 2.75) is 13.3 Å². The zero-order chi connectivity index (χ0) is 11.3. The number of carboxylic acids is 1. The maximum Gasteiger partial charge on any atom is 0.331 e. The first-order valence-electron chi connectivity index (χ1n) is 5.13. The Bertz CT molecular complexity index is 278. The summed E-state index contributed by atoms with van der Waals surface area (Å²) in [5.74, 6) is 0.586. The Morgan fingerprint density at radius 1 is 1.47 bits per heavy atom. The maximum absolute atomic E-state index is 11.1. The monoisotopic (exact) mass is 231 g/mol. The van der Waals surface area contributed by atoms with Crippen LogP contribution in [0.1, 0.15) is 13.3 Å². The highest BCUT2D eigenvalue weighted by molar-refractivity contribution is 7.85. The van der Waals surface area contributed by atoms with Crippen molar-refractivity contribution in [3.8, 4) is 0 Å². The van der Waals surface area contributed by atoms with E-state index >= 15 is 0 Å². The number of aliphatic carboxylic acids is 1. The van der Waals surface area contributed by atoms with Crippen LogP contribution in [-0.4, -0.2) is 51.3 Å². The molecule has 0 bridgehead atoms. The number of carbonyl (C=O) groups is 1. The number of hydrogen-bond acceptors (Lipinski definition) is 3. The quantitative estimate of drug-likeness (QED) is 0.715. The van der Waals surface area contributed by atoms with Gasteiger partial charge in [-0.2, -0.15) is 0 Å². The molecule has 4 nitrogen and oxygen atoms in total. The van der Waals surface area contributed by atoms with E-state index in [1.54, 1.807) is 6.08 Å². The summed E-state index contributed by atoms with van der Waals surface area (Å²) in [6, 6.07) is 0. The molecule has 1 rings (SSSR count). The molecular formula is C10H17NO3S. The zero-order valence-corrected chi connectivity index (χ0v) is 9.76. The number of nitrogens with zero attached hydrogens (tertiary/aromatic N) is 1. The summed E-state index contributed by atoms with van der Waals surface area (Å²) >= 11 is 0. The normalized spacial score (nSPS) is 20.5. The third-order valence-electron chi connectivity index (χ3n) is 2.52. The predicted octanol–water partition coefficient (Wildman–Crippen LogP) is 0.472. The Hall–Kier alpha value is -0.680. The van der Waals surface area contributed by atoms with Gasteiger partial charge in [0.2, 0.25) is 0 Å². The Kier molecular flexibility index (Phi) is 4.98. The van der Waals surface area contributed by atoms with E-state index in [1.807, 2.05) is 6.92 Å². The summed E-state index contributed by atoms with van der Waals surface area (Å²) in [6.45, 7) is 4.11. The van der Waals surface area contributed by atoms with Crippen LogP contribution < -0.4 is 0 Å². The van der Waals surface area contributed by atoms with Gasteiger partial charge in [-0.25, -0.2) is 4.79 Å². The van der Waals surface area contributed by atoms with Gasteiger partial charge < -0.3 is 5.11 Å². The molecule has 1 aliphatic rings. The van der Waals surface area contributed by atoms with E-state index in [4.69, 9.17) is 5.11 Å². The van der Waals surface area contributed by atoms with Gasteiger partial charge in [0.05, 0.1) is 0 Å². The number of carboxylic acid groups (broad SMARTS) is 1. The highest BCUT2D eigenvalue weighted by Crippen LogP contribution is 2.04. The fourth-order valence-electron chi connectivity index (χ4n) is 1.48. The first-order chi connectivity index (χ1) is 7.13. The third-order valence-corrected chi connectivity index (χ3v) is 3.80. The second kappa shape index (κ2) is 6.02. The summed E-state index contributed by atoms with van der Waals surface area (Å²) < 4.78 is 11.1. The summed E-state index contributed by atoms with van der Waals surface area (Å²) in [4.78, 5) is 12.9. The van der Waals surface area contributed by atoms with Gasteiger partial charge in [0.15, 0.2) is 0 Å². The van der Waals surface area contributed by atoms with E-state index in [2.05, 4.69) is 4.90 Å². The minimum atomic E-state index is -0.835. The van der Waals surface area contributed by atoms with Crippen LogP contribution >= 0.6 is 0 Å². The summed E-state index contributed by atoms with van der Waals surface area (Å²) in [7, 11) is -0.664. The molecule has 1 fully saturated rings. The Labute approximate surface area is 92.4 Å². The summed E-state index contributed by atoms with van der Waals surface area (Å²) in [5.41, 5.74) is 0.460. The van der Waals surface area contributed by atoms with E-state index < -0.39 is 16.8 Å². The van der Waals surface area contributed by atoms with Crippen molar-refractivity contribution in [3.63, 3.8) is 0 Å². The van der Waals surface area contributed by atoms with Crippen molar-refractivity contribution >= 4 is 16.8 Å². The van der Waals surface area contributed by atoms with E-state index in [0.29, 0.717) is 30.0 Å². The van der Waals surface area contributed by atoms with Crippen LogP contribution in [0.15, 0.2) is 11.6 Å². The second-order valence-corrected chi connectivity index (χ2v) is 5.23. The van der Waals surface area contributed by atoms with Crippen molar-refractivity contribution in [2.75, 3.05) is 31.1 Å². The minimum absolute atomic E-state index is 0.460. The molecule has 1 aliphatic heterocycles. The zero-order valence-electron chi connectivity index (χ0n) is 8.94. The van der Waals surface area contributed by atoms with Crippen molar-refractivity contribution in [1.82, 2.24) is 4.90 Å². The Morgan fingerprint density at radius 3 is 2.53 bits per heavy atom. The van der Waals surface area contributed by atoms with Crippen LogP contribution in [0.4, 0.5) is 0 Å². The van der Waals surface area contributed by atoms with Crippen LogP contribution in [0.3, 0.4) is 0 Å². The molecule has 0 atom stereocenters. The molecule has 0 amide bonds. The molecule has 86 valence electrons. The largest absolute Gasteiger partial charge is 0.478 e. The van der Waals surface area contributed by atoms with Gasteiger partial charge in [-0.05, 0) is 6.42 Å². The molecule has 1 heterocycles. The van der Waals surface area contributed by atoms with Gasteiger partial charge >= 0.3 is 5.97 Å². The first kappa shape index (κ1) is 12.4. The van der Waals surface area contributed by atoms with Crippen molar-refractivity contribution < 1.29 is 14.1 Å². The van der Waals surface area contributed by atoms with Gasteiger partial charge in [0.25, 0.3) is 0 Å². The van der Waals surface area contributed by atoms with E-state index in [9.17, 15) is 9.00 Å². The molecule has 0 aromatic carbocycles. The number of rotatable bonds is 4. The highest BCUT2D eigenvalue weighted by atomic mass is 32.2. The van der Waals surface area contributed by atoms with Gasteiger partial charge in [-0.15, -0.1) is 0 Å². The van der Waals surface area contributed by atoms with E-state index in [1.165, 1.54) is 0 Å². The van der Waals surface area contributed by atoms with Crippen LogP contribution in [0.5, 0.6) is 0 Å². The van der Waals surface area contributed by atoms with E-state index in [0.717, 1.165) is 13.1 Å². The molecule has 0 aromatic heterocycles. The lowest BCUT2D eigenvalue weighted by atomic mass is 10.2. The minimum Gasteiger partial charge on any atom is -0.478 e. The lowest BCUT2D eigenvalue weighted by Gasteiger charge is -2.24. The van der Waals surface area contributed by atoms with E-state index in [-0.39, 0.29) is 0 Å². The summed E-state index contributed by atoms with van der Waals surface area (Å²) in [6.07, 6.45) is 2.31. The molecule has 15 heavy (non-hydrogen) atoms. The molecule has 1 saturated heterocycles. The molecule has 1 N–H and O–H groups in total. The van der Waals surface area contributed by atoms with Crippen molar-refractivity contribution in [3.05, 3.63) is 11.6 Å². The lowest BCUT2D eigenvalue weighted by molar-refractivity contribution is -0.132.